The fourth-order valence-corrected chi connectivity index (χ4v) is 2.15. The molecule has 5 nitrogen and oxygen atoms in total. The molecule has 0 saturated carbocycles. The highest BCUT2D eigenvalue weighted by atomic mass is 16.1. The molecule has 1 amide bonds. The Kier molecular flexibility index (Phi) is 3.56. The lowest BCUT2D eigenvalue weighted by molar-refractivity contribution is 0.0937. The van der Waals surface area contributed by atoms with Gasteiger partial charge in [0.1, 0.15) is 0 Å². The molecule has 1 aromatic heterocycles. The van der Waals surface area contributed by atoms with Crippen LogP contribution in [0.1, 0.15) is 23.2 Å². The van der Waals surface area contributed by atoms with Gasteiger partial charge in [-0.1, -0.05) is 0 Å². The average Bonchev–Trinajstić information content (AvgIpc) is 2.79. The van der Waals surface area contributed by atoms with E-state index in [1.165, 1.54) is 19.4 Å². The molecule has 5 heteroatoms. The fourth-order valence-electron chi connectivity index (χ4n) is 2.15. The number of H-pyrrole nitrogens is 1. The second-order valence-electron chi connectivity index (χ2n) is 4.47. The molecule has 0 spiro atoms. The maximum atomic E-state index is 11.6. The normalized spacial score (nSPS) is 21.9. The van der Waals surface area contributed by atoms with Crippen molar-refractivity contribution >= 4 is 5.91 Å². The van der Waals surface area contributed by atoms with Gasteiger partial charge in [0.25, 0.3) is 5.91 Å². The zero-order valence-electron chi connectivity index (χ0n) is 9.57. The predicted molar refractivity (Wildman–Crippen MR) is 61.1 cm³/mol. The van der Waals surface area contributed by atoms with Gasteiger partial charge < -0.3 is 10.2 Å². The molecule has 16 heavy (non-hydrogen) atoms. The zero-order chi connectivity index (χ0) is 11.4. The van der Waals surface area contributed by atoms with Gasteiger partial charge in [-0.2, -0.15) is 5.10 Å². The van der Waals surface area contributed by atoms with Crippen molar-refractivity contribution < 1.29 is 4.79 Å². The summed E-state index contributed by atoms with van der Waals surface area (Å²) in [6.45, 7) is 3.01. The van der Waals surface area contributed by atoms with E-state index in [0.29, 0.717) is 11.5 Å². The quantitative estimate of drug-likeness (QED) is 0.782. The van der Waals surface area contributed by atoms with Crippen LogP contribution in [0.15, 0.2) is 12.4 Å². The van der Waals surface area contributed by atoms with Crippen LogP contribution >= 0.6 is 0 Å². The number of hydrogen-bond donors (Lipinski definition) is 2. The van der Waals surface area contributed by atoms with E-state index in [9.17, 15) is 4.79 Å². The second-order valence-corrected chi connectivity index (χ2v) is 4.47. The molecule has 1 aliphatic rings. The summed E-state index contributed by atoms with van der Waals surface area (Å²) in [5.41, 5.74) is 0.601. The minimum absolute atomic E-state index is 0.0398. The van der Waals surface area contributed by atoms with Crippen LogP contribution in [-0.2, 0) is 0 Å². The number of piperidine rings is 1. The maximum absolute atomic E-state index is 11.6. The molecular formula is C11H18N4O. The Bertz CT molecular complexity index is 336. The van der Waals surface area contributed by atoms with Crippen LogP contribution in [0.25, 0.3) is 0 Å². The van der Waals surface area contributed by atoms with E-state index in [0.717, 1.165) is 13.1 Å². The van der Waals surface area contributed by atoms with Gasteiger partial charge in [-0.05, 0) is 32.4 Å². The van der Waals surface area contributed by atoms with Crippen molar-refractivity contribution in [1.82, 2.24) is 20.4 Å². The maximum Gasteiger partial charge on any atom is 0.254 e. The molecule has 0 aliphatic carbocycles. The third kappa shape index (κ3) is 2.82. The molecular weight excluding hydrogens is 204 g/mol. The van der Waals surface area contributed by atoms with Crippen LogP contribution in [0, 0.1) is 5.92 Å². The van der Waals surface area contributed by atoms with E-state index in [2.05, 4.69) is 27.5 Å². The molecule has 1 aromatic rings. The predicted octanol–water partition coefficient (Wildman–Crippen LogP) is 0.481. The first-order chi connectivity index (χ1) is 7.75. The smallest absolute Gasteiger partial charge is 0.254 e. The third-order valence-electron chi connectivity index (χ3n) is 3.03. The van der Waals surface area contributed by atoms with Gasteiger partial charge >= 0.3 is 0 Å². The van der Waals surface area contributed by atoms with Gasteiger partial charge in [0.05, 0.1) is 11.8 Å². The molecule has 1 unspecified atom stereocenters. The Hall–Kier alpha value is -1.36. The summed E-state index contributed by atoms with van der Waals surface area (Å²) in [6.07, 6.45) is 5.59. The lowest BCUT2D eigenvalue weighted by Gasteiger charge is -2.29. The number of aromatic nitrogens is 2. The van der Waals surface area contributed by atoms with Crippen molar-refractivity contribution in [3.05, 3.63) is 18.0 Å². The minimum Gasteiger partial charge on any atom is -0.352 e. The molecule has 0 aromatic carbocycles. The van der Waals surface area contributed by atoms with E-state index in [-0.39, 0.29) is 5.91 Å². The van der Waals surface area contributed by atoms with Crippen LogP contribution in [0.3, 0.4) is 0 Å². The van der Waals surface area contributed by atoms with Crippen LogP contribution in [0.4, 0.5) is 0 Å². The number of hydrogen-bond acceptors (Lipinski definition) is 3. The number of aromatic amines is 1. The van der Waals surface area contributed by atoms with Crippen molar-refractivity contribution in [2.75, 3.05) is 26.7 Å². The molecule has 1 saturated heterocycles. The van der Waals surface area contributed by atoms with Crippen LogP contribution in [-0.4, -0.2) is 47.7 Å². The standard InChI is InChI=1S/C11H18N4O/c1-15-4-2-3-9(8-15)5-12-11(16)10-6-13-14-7-10/h6-7,9H,2-5,8H2,1H3,(H,12,16)(H,13,14). The fraction of sp³-hybridized carbons (Fsp3) is 0.636. The average molecular weight is 222 g/mol. The molecule has 2 N–H and O–H groups in total. The molecule has 0 bridgehead atoms. The van der Waals surface area contributed by atoms with Gasteiger partial charge in [-0.25, -0.2) is 0 Å². The first-order valence-corrected chi connectivity index (χ1v) is 5.71. The van der Waals surface area contributed by atoms with Gasteiger partial charge in [-0.3, -0.25) is 9.89 Å². The topological polar surface area (TPSA) is 61.0 Å². The van der Waals surface area contributed by atoms with Crippen molar-refractivity contribution in [2.24, 2.45) is 5.92 Å². The van der Waals surface area contributed by atoms with Gasteiger partial charge in [0.2, 0.25) is 0 Å². The third-order valence-corrected chi connectivity index (χ3v) is 3.03. The van der Waals surface area contributed by atoms with Crippen LogP contribution in [0.2, 0.25) is 0 Å². The van der Waals surface area contributed by atoms with Crippen LogP contribution in [0.5, 0.6) is 0 Å². The summed E-state index contributed by atoms with van der Waals surface area (Å²) >= 11 is 0. The summed E-state index contributed by atoms with van der Waals surface area (Å²) in [5, 5.41) is 9.34. The van der Waals surface area contributed by atoms with Gasteiger partial charge in [-0.15, -0.1) is 0 Å². The number of nitrogens with one attached hydrogen (secondary N) is 2. The first-order valence-electron chi connectivity index (χ1n) is 5.71. The Morgan fingerprint density at radius 2 is 2.62 bits per heavy atom. The molecule has 2 rings (SSSR count). The van der Waals surface area contributed by atoms with E-state index in [1.807, 2.05) is 0 Å². The number of carbonyl (C=O) groups is 1. The number of carbonyl (C=O) groups excluding carboxylic acids is 1. The molecule has 2 heterocycles. The molecule has 0 radical (unpaired) electrons. The van der Waals surface area contributed by atoms with Crippen molar-refractivity contribution in [1.29, 1.82) is 0 Å². The summed E-state index contributed by atoms with van der Waals surface area (Å²) in [6, 6.07) is 0. The zero-order valence-corrected chi connectivity index (χ0v) is 9.57. The number of nitrogens with zero attached hydrogens (tertiary/aromatic N) is 2. The van der Waals surface area contributed by atoms with E-state index in [4.69, 9.17) is 0 Å². The summed E-state index contributed by atoms with van der Waals surface area (Å²) in [5.74, 6) is 0.538. The Morgan fingerprint density at radius 1 is 1.75 bits per heavy atom. The largest absolute Gasteiger partial charge is 0.352 e. The summed E-state index contributed by atoms with van der Waals surface area (Å²) in [7, 11) is 2.13. The van der Waals surface area contributed by atoms with Gasteiger partial charge in [0.15, 0.2) is 0 Å². The summed E-state index contributed by atoms with van der Waals surface area (Å²) in [4.78, 5) is 14.0. The van der Waals surface area contributed by atoms with Crippen molar-refractivity contribution in [3.8, 4) is 0 Å². The number of likely N-dealkylation sites (tertiary alicyclic amines) is 1. The summed E-state index contributed by atoms with van der Waals surface area (Å²) < 4.78 is 0. The molecule has 1 atom stereocenters. The molecule has 1 aliphatic heterocycles. The Morgan fingerprint density at radius 3 is 3.31 bits per heavy atom. The second kappa shape index (κ2) is 5.12. The van der Waals surface area contributed by atoms with Gasteiger partial charge in [0, 0.05) is 19.3 Å². The highest BCUT2D eigenvalue weighted by Gasteiger charge is 2.18. The number of rotatable bonds is 3. The van der Waals surface area contributed by atoms with E-state index < -0.39 is 0 Å². The highest BCUT2D eigenvalue weighted by molar-refractivity contribution is 5.93. The highest BCUT2D eigenvalue weighted by Crippen LogP contribution is 2.13. The Labute approximate surface area is 95.2 Å². The van der Waals surface area contributed by atoms with Crippen molar-refractivity contribution in [2.45, 2.75) is 12.8 Å². The molecule has 1 fully saturated rings. The minimum atomic E-state index is -0.0398. The van der Waals surface area contributed by atoms with Crippen LogP contribution < -0.4 is 5.32 Å². The SMILES string of the molecule is CN1CCCC(CNC(=O)c2cn[nH]c2)C1. The van der Waals surface area contributed by atoms with E-state index >= 15 is 0 Å². The number of amides is 1. The van der Waals surface area contributed by atoms with E-state index in [1.54, 1.807) is 12.4 Å². The Balaban J connectivity index is 1.77. The monoisotopic (exact) mass is 222 g/mol. The molecule has 88 valence electrons. The lowest BCUT2D eigenvalue weighted by atomic mass is 9.98. The van der Waals surface area contributed by atoms with Crippen molar-refractivity contribution in [3.63, 3.8) is 0 Å². The first kappa shape index (κ1) is 11.1. The lowest BCUT2D eigenvalue weighted by Crippen LogP contribution is -2.39.